The van der Waals surface area contributed by atoms with E-state index in [4.69, 9.17) is 0 Å². The van der Waals surface area contributed by atoms with Crippen molar-refractivity contribution >= 4 is 30.7 Å². The number of hydrogen-bond acceptors (Lipinski definition) is 0. The molecule has 0 fully saturated rings. The summed E-state index contributed by atoms with van der Waals surface area (Å²) in [4.78, 5) is 0. The van der Waals surface area contributed by atoms with Gasteiger partial charge in [-0.2, -0.15) is 0 Å². The van der Waals surface area contributed by atoms with E-state index >= 15 is 0 Å². The molecule has 3 aromatic rings. The minimum atomic E-state index is -1.93. The first-order valence-electron chi connectivity index (χ1n) is 7.54. The van der Waals surface area contributed by atoms with Gasteiger partial charge in [0.2, 0.25) is 0 Å². The molecule has 3 heteroatoms. The average Bonchev–Trinajstić information content (AvgIpc) is 2.56. The third-order valence-electron chi connectivity index (χ3n) is 4.27. The highest BCUT2D eigenvalue weighted by Crippen LogP contribution is 2.05. The minimum Gasteiger partial charge on any atom is -0.207 e. The van der Waals surface area contributed by atoms with Gasteiger partial charge in [-0.05, 0) is 12.1 Å². The Labute approximate surface area is 132 Å². The van der Waals surface area contributed by atoms with Crippen molar-refractivity contribution in [3.05, 3.63) is 90.7 Å². The molecule has 0 nitrogen and oxygen atoms in total. The van der Waals surface area contributed by atoms with Crippen LogP contribution in [-0.2, 0) is 0 Å². The van der Waals surface area contributed by atoms with Crippen LogP contribution in [0.5, 0.6) is 0 Å². The Kier molecular flexibility index (Phi) is 4.25. The van der Waals surface area contributed by atoms with Crippen LogP contribution in [0, 0.1) is 5.82 Å². The monoisotopic (exact) mass is 304 g/mol. The first-order valence-corrected chi connectivity index (χ1v) is 10.2. The molecule has 0 heterocycles. The Hall–Kier alpha value is -2.13. The zero-order valence-electron chi connectivity index (χ0n) is 12.7. The van der Waals surface area contributed by atoms with Gasteiger partial charge < -0.3 is 0 Å². The van der Waals surface area contributed by atoms with E-state index in [1.54, 1.807) is 12.1 Å². The van der Waals surface area contributed by atoms with Crippen LogP contribution >= 0.6 is 0 Å². The van der Waals surface area contributed by atoms with Crippen molar-refractivity contribution in [3.63, 3.8) is 0 Å². The topological polar surface area (TPSA) is 0 Å². The van der Waals surface area contributed by atoms with Gasteiger partial charge in [-0.25, -0.2) is 4.39 Å². The van der Waals surface area contributed by atoms with E-state index < -0.39 is 7.94 Å². The molecule has 3 rings (SSSR count). The van der Waals surface area contributed by atoms with Gasteiger partial charge in [0, 0.05) is 0 Å². The summed E-state index contributed by atoms with van der Waals surface area (Å²) in [5.74, 6) is -0.157. The van der Waals surface area contributed by atoms with Crippen molar-refractivity contribution in [2.24, 2.45) is 0 Å². The van der Waals surface area contributed by atoms with Crippen LogP contribution in [-0.4, -0.2) is 14.8 Å². The number of benzene rings is 3. The van der Waals surface area contributed by atoms with Crippen molar-refractivity contribution in [1.29, 1.82) is 0 Å². The zero-order chi connectivity index (χ0) is 15.4. The fourth-order valence-electron chi connectivity index (χ4n) is 3.04. The van der Waals surface area contributed by atoms with Crippen molar-refractivity contribution in [3.8, 4) is 0 Å². The third-order valence-corrected chi connectivity index (χ3v) is 8.60. The van der Waals surface area contributed by atoms with Gasteiger partial charge in [0.15, 0.2) is 6.87 Å². The predicted molar refractivity (Wildman–Crippen MR) is 97.0 cm³/mol. The molecule has 0 N–H and O–H groups in total. The highest BCUT2D eigenvalue weighted by atomic mass is 28.3. The SMILES string of the molecule is C[Si](Bc1cccc(F)c1)(c1ccccc1)c1ccccc1. The number of halogens is 1. The van der Waals surface area contributed by atoms with Gasteiger partial charge in [-0.3, -0.25) is 0 Å². The molecule has 0 radical (unpaired) electrons. The Balaban J connectivity index is 2.08. The van der Waals surface area contributed by atoms with E-state index in [0.717, 1.165) is 12.3 Å². The molecule has 0 aliphatic heterocycles. The smallest absolute Gasteiger partial charge is 0.163 e. The second-order valence-electron chi connectivity index (χ2n) is 5.87. The molecule has 3 aromatic carbocycles. The molecular weight excluding hydrogens is 286 g/mol. The molecule has 0 amide bonds. The quantitative estimate of drug-likeness (QED) is 0.649. The van der Waals surface area contributed by atoms with E-state index in [9.17, 15) is 4.39 Å². The standard InChI is InChI=1S/C19H18BFSi/c1-22(18-11-4-2-5-12-18,19-13-6-3-7-14-19)20-16-9-8-10-17(21)15-16/h2-15,20H,1H3. The van der Waals surface area contributed by atoms with Crippen LogP contribution in [0.1, 0.15) is 0 Å². The predicted octanol–water partition coefficient (Wildman–Crippen LogP) is 2.28. The van der Waals surface area contributed by atoms with Crippen LogP contribution < -0.4 is 15.8 Å². The maximum atomic E-state index is 13.6. The van der Waals surface area contributed by atoms with Gasteiger partial charge in [-0.15, -0.1) is 0 Å². The fourth-order valence-corrected chi connectivity index (χ4v) is 6.67. The molecule has 0 saturated heterocycles. The molecule has 0 aliphatic rings. The Morgan fingerprint density at radius 1 is 0.727 bits per heavy atom. The normalized spacial score (nSPS) is 11.2. The molecule has 0 bridgehead atoms. The summed E-state index contributed by atoms with van der Waals surface area (Å²) in [5, 5.41) is 2.76. The van der Waals surface area contributed by atoms with Gasteiger partial charge in [0.1, 0.15) is 5.82 Å². The summed E-state index contributed by atoms with van der Waals surface area (Å²) >= 11 is 0. The second kappa shape index (κ2) is 6.32. The Morgan fingerprint density at radius 2 is 1.27 bits per heavy atom. The lowest BCUT2D eigenvalue weighted by molar-refractivity contribution is 0.629. The summed E-state index contributed by atoms with van der Waals surface area (Å²) in [6, 6.07) is 28.3. The van der Waals surface area contributed by atoms with Crippen LogP contribution in [0.3, 0.4) is 0 Å². The second-order valence-corrected chi connectivity index (χ2v) is 10.0. The van der Waals surface area contributed by atoms with Gasteiger partial charge in [-0.1, -0.05) is 95.2 Å². The summed E-state index contributed by atoms with van der Waals surface area (Å²) in [6.45, 7) is 3.27. The average molecular weight is 304 g/mol. The van der Waals surface area contributed by atoms with E-state index in [-0.39, 0.29) is 5.82 Å². The van der Waals surface area contributed by atoms with Crippen molar-refractivity contribution in [2.45, 2.75) is 6.55 Å². The van der Waals surface area contributed by atoms with E-state index in [2.05, 4.69) is 55.1 Å². The summed E-state index contributed by atoms with van der Waals surface area (Å²) in [7, 11) is -1.93. The molecular formula is C19H18BFSi. The summed E-state index contributed by atoms with van der Waals surface area (Å²) in [6.07, 6.45) is 0. The van der Waals surface area contributed by atoms with Crippen LogP contribution in [0.25, 0.3) is 0 Å². The van der Waals surface area contributed by atoms with Crippen molar-refractivity contribution < 1.29 is 4.39 Å². The van der Waals surface area contributed by atoms with Crippen LogP contribution in [0.4, 0.5) is 4.39 Å². The maximum Gasteiger partial charge on any atom is 0.163 e. The largest absolute Gasteiger partial charge is 0.207 e. The van der Waals surface area contributed by atoms with Crippen LogP contribution in [0.15, 0.2) is 84.9 Å². The highest BCUT2D eigenvalue weighted by molar-refractivity contribution is 7.40. The van der Waals surface area contributed by atoms with Crippen molar-refractivity contribution in [1.82, 2.24) is 0 Å². The summed E-state index contributed by atoms with van der Waals surface area (Å²) < 4.78 is 13.6. The lowest BCUT2D eigenvalue weighted by atomic mass is 9.94. The molecule has 0 aromatic heterocycles. The fraction of sp³-hybridized carbons (Fsp3) is 0.0526. The molecule has 0 saturated carbocycles. The zero-order valence-corrected chi connectivity index (χ0v) is 13.7. The first kappa shape index (κ1) is 14.8. The van der Waals surface area contributed by atoms with E-state index in [1.165, 1.54) is 16.4 Å². The molecule has 22 heavy (non-hydrogen) atoms. The maximum absolute atomic E-state index is 13.6. The number of hydrogen-bond donors (Lipinski definition) is 0. The van der Waals surface area contributed by atoms with Gasteiger partial charge in [0.25, 0.3) is 0 Å². The molecule has 0 unspecified atom stereocenters. The van der Waals surface area contributed by atoms with Gasteiger partial charge >= 0.3 is 0 Å². The minimum absolute atomic E-state index is 0.157. The highest BCUT2D eigenvalue weighted by Gasteiger charge is 2.32. The molecule has 0 atom stereocenters. The molecule has 0 aliphatic carbocycles. The first-order chi connectivity index (χ1) is 10.7. The molecule has 0 spiro atoms. The summed E-state index contributed by atoms with van der Waals surface area (Å²) in [5.41, 5.74) is 1.07. The van der Waals surface area contributed by atoms with E-state index in [1.807, 2.05) is 18.2 Å². The lowest BCUT2D eigenvalue weighted by Crippen LogP contribution is -2.63. The Bertz CT molecular complexity index is 704. The van der Waals surface area contributed by atoms with Crippen LogP contribution in [0.2, 0.25) is 6.55 Å². The third kappa shape index (κ3) is 3.05. The van der Waals surface area contributed by atoms with Crippen molar-refractivity contribution in [2.75, 3.05) is 0 Å². The molecule has 108 valence electrons. The Morgan fingerprint density at radius 3 is 1.77 bits per heavy atom. The lowest BCUT2D eigenvalue weighted by Gasteiger charge is -2.28. The van der Waals surface area contributed by atoms with E-state index in [0.29, 0.717) is 0 Å². The van der Waals surface area contributed by atoms with Gasteiger partial charge in [0.05, 0.1) is 7.94 Å². The number of rotatable bonds is 4.